The van der Waals surface area contributed by atoms with E-state index in [1.54, 1.807) is 4.90 Å². The van der Waals surface area contributed by atoms with Crippen LogP contribution in [0.2, 0.25) is 0 Å². The molecule has 4 rings (SSSR count). The molecule has 3 heterocycles. The summed E-state index contributed by atoms with van der Waals surface area (Å²) in [5.74, 6) is 1.37. The average Bonchev–Trinajstić information content (AvgIpc) is 3.37. The first kappa shape index (κ1) is 18.4. The summed E-state index contributed by atoms with van der Waals surface area (Å²) in [5, 5.41) is 3.96. The van der Waals surface area contributed by atoms with Gasteiger partial charge < -0.3 is 19.1 Å². The van der Waals surface area contributed by atoms with E-state index < -0.39 is 0 Å². The second-order valence-corrected chi connectivity index (χ2v) is 8.13. The molecular formula is C19H28N4O4. The van der Waals surface area contributed by atoms with E-state index in [4.69, 9.17) is 9.26 Å². The van der Waals surface area contributed by atoms with Crippen LogP contribution in [0.15, 0.2) is 4.52 Å². The van der Waals surface area contributed by atoms with Crippen LogP contribution in [0.1, 0.15) is 50.7 Å². The smallest absolute Gasteiger partial charge is 0.242 e. The van der Waals surface area contributed by atoms with Crippen LogP contribution in [0.3, 0.4) is 0 Å². The SMILES string of the molecule is CCc1nc(C[C@H]2CN(C(=O)CN3CC4(CCCC4)CC3=O)CCO2)no1. The second-order valence-electron chi connectivity index (χ2n) is 8.13. The van der Waals surface area contributed by atoms with Crippen molar-refractivity contribution in [3.8, 4) is 0 Å². The van der Waals surface area contributed by atoms with Gasteiger partial charge in [0.05, 0.1) is 19.3 Å². The zero-order chi connectivity index (χ0) is 18.9. The number of nitrogens with zero attached hydrogens (tertiary/aromatic N) is 4. The Morgan fingerprint density at radius 1 is 1.33 bits per heavy atom. The fourth-order valence-electron chi connectivity index (χ4n) is 4.64. The van der Waals surface area contributed by atoms with E-state index in [0.29, 0.717) is 50.7 Å². The Hall–Kier alpha value is -1.96. The van der Waals surface area contributed by atoms with E-state index in [2.05, 4.69) is 10.1 Å². The van der Waals surface area contributed by atoms with E-state index in [-0.39, 0.29) is 29.9 Å². The molecule has 8 nitrogen and oxygen atoms in total. The molecule has 1 aliphatic carbocycles. The topological polar surface area (TPSA) is 88.8 Å². The van der Waals surface area contributed by atoms with Crippen LogP contribution in [0, 0.1) is 5.41 Å². The molecule has 3 aliphatic rings. The highest BCUT2D eigenvalue weighted by Gasteiger charge is 2.45. The summed E-state index contributed by atoms with van der Waals surface area (Å²) in [6, 6.07) is 0. The third-order valence-corrected chi connectivity index (χ3v) is 6.11. The Balaban J connectivity index is 1.31. The monoisotopic (exact) mass is 376 g/mol. The summed E-state index contributed by atoms with van der Waals surface area (Å²) >= 11 is 0. The highest BCUT2D eigenvalue weighted by atomic mass is 16.5. The molecule has 27 heavy (non-hydrogen) atoms. The zero-order valence-corrected chi connectivity index (χ0v) is 16.0. The van der Waals surface area contributed by atoms with Gasteiger partial charge in [0.25, 0.3) is 0 Å². The number of hydrogen-bond donors (Lipinski definition) is 0. The zero-order valence-electron chi connectivity index (χ0n) is 16.0. The number of likely N-dealkylation sites (tertiary alicyclic amines) is 1. The van der Waals surface area contributed by atoms with Crippen LogP contribution < -0.4 is 0 Å². The fraction of sp³-hybridized carbons (Fsp3) is 0.789. The highest BCUT2D eigenvalue weighted by Crippen LogP contribution is 2.45. The number of aryl methyl sites for hydroxylation is 1. The molecular weight excluding hydrogens is 348 g/mol. The maximum absolute atomic E-state index is 12.8. The van der Waals surface area contributed by atoms with Gasteiger partial charge in [0, 0.05) is 38.9 Å². The number of carbonyl (C=O) groups excluding carboxylic acids is 2. The predicted molar refractivity (Wildman–Crippen MR) is 95.8 cm³/mol. The molecule has 148 valence electrons. The van der Waals surface area contributed by atoms with Gasteiger partial charge in [-0.05, 0) is 18.3 Å². The number of aromatic nitrogens is 2. The van der Waals surface area contributed by atoms with Gasteiger partial charge in [-0.15, -0.1) is 0 Å². The predicted octanol–water partition coefficient (Wildman–Crippen LogP) is 1.19. The molecule has 3 fully saturated rings. The lowest BCUT2D eigenvalue weighted by molar-refractivity contribution is -0.143. The molecule has 0 radical (unpaired) electrons. The summed E-state index contributed by atoms with van der Waals surface area (Å²) in [7, 11) is 0. The van der Waals surface area contributed by atoms with Crippen molar-refractivity contribution in [1.82, 2.24) is 19.9 Å². The number of ether oxygens (including phenoxy) is 1. The molecule has 1 aromatic heterocycles. The minimum absolute atomic E-state index is 0.00839. The third kappa shape index (κ3) is 4.00. The number of rotatable bonds is 5. The summed E-state index contributed by atoms with van der Waals surface area (Å²) < 4.78 is 10.9. The lowest BCUT2D eigenvalue weighted by Crippen LogP contribution is -2.50. The molecule has 2 amide bonds. The van der Waals surface area contributed by atoms with Crippen molar-refractivity contribution in [2.75, 3.05) is 32.8 Å². The molecule has 0 unspecified atom stereocenters. The van der Waals surface area contributed by atoms with Gasteiger partial charge in [0.15, 0.2) is 5.82 Å². The first-order valence-corrected chi connectivity index (χ1v) is 10.1. The molecule has 0 aromatic carbocycles. The highest BCUT2D eigenvalue weighted by molar-refractivity contribution is 5.86. The van der Waals surface area contributed by atoms with E-state index in [1.807, 2.05) is 11.8 Å². The quantitative estimate of drug-likeness (QED) is 0.767. The van der Waals surface area contributed by atoms with Crippen molar-refractivity contribution < 1.29 is 18.8 Å². The number of amides is 2. The fourth-order valence-corrected chi connectivity index (χ4v) is 4.64. The van der Waals surface area contributed by atoms with E-state index >= 15 is 0 Å². The lowest BCUT2D eigenvalue weighted by atomic mass is 9.85. The van der Waals surface area contributed by atoms with Crippen LogP contribution in [0.5, 0.6) is 0 Å². The van der Waals surface area contributed by atoms with Gasteiger partial charge in [-0.3, -0.25) is 9.59 Å². The van der Waals surface area contributed by atoms with E-state index in [0.717, 1.165) is 19.4 Å². The Bertz CT molecular complexity index is 698. The minimum atomic E-state index is -0.138. The minimum Gasteiger partial charge on any atom is -0.374 e. The van der Waals surface area contributed by atoms with Crippen molar-refractivity contribution in [1.29, 1.82) is 0 Å². The van der Waals surface area contributed by atoms with E-state index in [9.17, 15) is 9.59 Å². The molecule has 8 heteroatoms. The van der Waals surface area contributed by atoms with E-state index in [1.165, 1.54) is 12.8 Å². The number of carbonyl (C=O) groups is 2. The molecule has 1 aromatic rings. The summed E-state index contributed by atoms with van der Waals surface area (Å²) in [4.78, 5) is 33.1. The first-order valence-electron chi connectivity index (χ1n) is 10.1. The van der Waals surface area contributed by atoms with Gasteiger partial charge in [0.1, 0.15) is 0 Å². The Labute approximate surface area is 159 Å². The van der Waals surface area contributed by atoms with Crippen LogP contribution >= 0.6 is 0 Å². The van der Waals surface area contributed by atoms with Crippen molar-refractivity contribution in [2.45, 2.75) is 58.0 Å². The maximum Gasteiger partial charge on any atom is 0.242 e. The molecule has 2 saturated heterocycles. The molecule has 1 atom stereocenters. The Morgan fingerprint density at radius 3 is 2.89 bits per heavy atom. The van der Waals surface area contributed by atoms with Crippen molar-refractivity contribution in [3.05, 3.63) is 11.7 Å². The summed E-state index contributed by atoms with van der Waals surface area (Å²) in [6.07, 6.45) is 6.35. The molecule has 0 bridgehead atoms. The van der Waals surface area contributed by atoms with Gasteiger partial charge in [-0.1, -0.05) is 24.9 Å². The van der Waals surface area contributed by atoms with Gasteiger partial charge in [0.2, 0.25) is 17.7 Å². The van der Waals surface area contributed by atoms with Crippen molar-refractivity contribution in [3.63, 3.8) is 0 Å². The van der Waals surface area contributed by atoms with Gasteiger partial charge >= 0.3 is 0 Å². The average molecular weight is 376 g/mol. The normalized spacial score (nSPS) is 24.9. The third-order valence-electron chi connectivity index (χ3n) is 6.11. The van der Waals surface area contributed by atoms with Crippen LogP contribution in [-0.2, 0) is 27.2 Å². The standard InChI is InChI=1S/C19H28N4O4/c1-2-16-20-15(21-27-16)9-14-11-22(7-8-26-14)18(25)12-23-13-19(10-17(23)24)5-3-4-6-19/h14H,2-13H2,1H3/t14-/m0/s1. The Kier molecular flexibility index (Phi) is 5.16. The van der Waals surface area contributed by atoms with Crippen LogP contribution in [0.25, 0.3) is 0 Å². The summed E-state index contributed by atoms with van der Waals surface area (Å²) in [5.41, 5.74) is 0.139. The van der Waals surface area contributed by atoms with Crippen LogP contribution in [0.4, 0.5) is 0 Å². The van der Waals surface area contributed by atoms with Crippen molar-refractivity contribution >= 4 is 11.8 Å². The van der Waals surface area contributed by atoms with Crippen molar-refractivity contribution in [2.24, 2.45) is 5.41 Å². The first-order chi connectivity index (χ1) is 13.1. The molecule has 0 N–H and O–H groups in total. The molecule has 2 aliphatic heterocycles. The second kappa shape index (κ2) is 7.58. The summed E-state index contributed by atoms with van der Waals surface area (Å²) in [6.45, 7) is 4.46. The number of hydrogen-bond acceptors (Lipinski definition) is 6. The Morgan fingerprint density at radius 2 is 2.15 bits per heavy atom. The van der Waals surface area contributed by atoms with Crippen LogP contribution in [-0.4, -0.2) is 70.6 Å². The van der Waals surface area contributed by atoms with Gasteiger partial charge in [-0.2, -0.15) is 4.98 Å². The van der Waals surface area contributed by atoms with Gasteiger partial charge in [-0.25, -0.2) is 0 Å². The molecule has 1 saturated carbocycles. The largest absolute Gasteiger partial charge is 0.374 e. The lowest BCUT2D eigenvalue weighted by Gasteiger charge is -2.33. The maximum atomic E-state index is 12.8. The molecule has 1 spiro atoms. The number of morpholine rings is 1.